The Hall–Kier alpha value is -3.93. The maximum atomic E-state index is 13.5. The summed E-state index contributed by atoms with van der Waals surface area (Å²) in [5.74, 6) is -2.68. The largest absolute Gasteiger partial charge is 0.468 e. The number of hydrogen-bond acceptors (Lipinski definition) is 5. The van der Waals surface area contributed by atoms with Crippen LogP contribution >= 0.6 is 0 Å². The van der Waals surface area contributed by atoms with Crippen LogP contribution in [-0.2, 0) is 29.5 Å². The van der Waals surface area contributed by atoms with Gasteiger partial charge in [-0.3, -0.25) is 14.4 Å². The second-order valence-electron chi connectivity index (χ2n) is 8.34. The van der Waals surface area contributed by atoms with Crippen LogP contribution < -0.4 is 0 Å². The summed E-state index contributed by atoms with van der Waals surface area (Å²) in [5, 5.41) is 0. The van der Waals surface area contributed by atoms with Gasteiger partial charge in [0.15, 0.2) is 11.5 Å². The van der Waals surface area contributed by atoms with E-state index in [0.717, 1.165) is 5.56 Å². The molecule has 1 heterocycles. The number of ether oxygens (including phenoxy) is 2. The Bertz CT molecular complexity index is 1120. The van der Waals surface area contributed by atoms with Crippen molar-refractivity contribution in [3.8, 4) is 0 Å². The molecule has 0 N–H and O–H groups in total. The Morgan fingerprint density at radius 3 is 1.76 bits per heavy atom. The molecule has 4 rings (SSSR count). The Labute approximate surface area is 199 Å². The summed E-state index contributed by atoms with van der Waals surface area (Å²) in [7, 11) is 1.26. The quantitative estimate of drug-likeness (QED) is 0.301. The molecule has 0 unspecified atom stereocenters. The van der Waals surface area contributed by atoms with Gasteiger partial charge in [-0.25, -0.2) is 0 Å². The summed E-state index contributed by atoms with van der Waals surface area (Å²) in [6.07, 6.45) is 0. The van der Waals surface area contributed by atoms with Crippen LogP contribution in [-0.4, -0.2) is 35.9 Å². The van der Waals surface area contributed by atoms with Crippen molar-refractivity contribution in [3.05, 3.63) is 108 Å². The van der Waals surface area contributed by atoms with Crippen molar-refractivity contribution < 1.29 is 23.9 Å². The standard InChI is InChI=1S/C28H27NO5/c1-19(21-13-7-4-8-14-21)29-25(24(26(29)31)27(32)33-3)28(34-20(2)30,22-15-9-5-10-16-22)23-17-11-6-12-18-23/h4-19,24-25H,1-3H3/t19-,24-,25+/m0/s1. The van der Waals surface area contributed by atoms with Crippen LogP contribution in [0.5, 0.6) is 0 Å². The van der Waals surface area contributed by atoms with Crippen molar-refractivity contribution in [2.24, 2.45) is 5.92 Å². The van der Waals surface area contributed by atoms with Gasteiger partial charge < -0.3 is 14.4 Å². The lowest BCUT2D eigenvalue weighted by atomic mass is 9.68. The molecule has 1 aliphatic heterocycles. The second-order valence-corrected chi connectivity index (χ2v) is 8.34. The van der Waals surface area contributed by atoms with Crippen molar-refractivity contribution in [3.63, 3.8) is 0 Å². The molecule has 3 atom stereocenters. The van der Waals surface area contributed by atoms with E-state index < -0.39 is 29.5 Å². The van der Waals surface area contributed by atoms with Crippen LogP contribution in [0, 0.1) is 5.92 Å². The van der Waals surface area contributed by atoms with Crippen molar-refractivity contribution in [2.45, 2.75) is 31.5 Å². The maximum Gasteiger partial charge on any atom is 0.320 e. The van der Waals surface area contributed by atoms with E-state index in [4.69, 9.17) is 9.47 Å². The minimum Gasteiger partial charge on any atom is -0.468 e. The van der Waals surface area contributed by atoms with E-state index in [1.165, 1.54) is 14.0 Å². The van der Waals surface area contributed by atoms with Gasteiger partial charge in [-0.1, -0.05) is 91.0 Å². The highest BCUT2D eigenvalue weighted by molar-refractivity contribution is 6.04. The number of esters is 2. The third-order valence-electron chi connectivity index (χ3n) is 6.42. The fraction of sp³-hybridized carbons (Fsp3) is 0.250. The first-order chi connectivity index (χ1) is 16.4. The molecule has 0 saturated carbocycles. The van der Waals surface area contributed by atoms with Gasteiger partial charge in [0.1, 0.15) is 6.04 Å². The number of amides is 1. The Balaban J connectivity index is 1.98. The van der Waals surface area contributed by atoms with Crippen LogP contribution in [0.3, 0.4) is 0 Å². The van der Waals surface area contributed by atoms with Gasteiger partial charge in [0.05, 0.1) is 13.2 Å². The Morgan fingerprint density at radius 1 is 0.853 bits per heavy atom. The van der Waals surface area contributed by atoms with E-state index in [0.29, 0.717) is 11.1 Å². The van der Waals surface area contributed by atoms with Crippen LogP contribution in [0.1, 0.15) is 36.6 Å². The minimum atomic E-state index is -1.43. The number of likely N-dealkylation sites (tertiary alicyclic amines) is 1. The number of carbonyl (C=O) groups is 3. The Morgan fingerprint density at radius 2 is 1.32 bits per heavy atom. The smallest absolute Gasteiger partial charge is 0.320 e. The van der Waals surface area contributed by atoms with Gasteiger partial charge in [0.25, 0.3) is 0 Å². The number of β-lactam (4-membered cyclic amide) rings is 1. The predicted octanol–water partition coefficient (Wildman–Crippen LogP) is 4.25. The topological polar surface area (TPSA) is 72.9 Å². The fourth-order valence-electron chi connectivity index (χ4n) is 4.91. The molecule has 1 fully saturated rings. The molecule has 3 aromatic carbocycles. The average Bonchev–Trinajstić information content (AvgIpc) is 2.87. The van der Waals surface area contributed by atoms with Gasteiger partial charge in [-0.15, -0.1) is 0 Å². The van der Waals surface area contributed by atoms with E-state index in [1.807, 2.05) is 97.9 Å². The van der Waals surface area contributed by atoms with E-state index in [9.17, 15) is 14.4 Å². The molecule has 0 aliphatic carbocycles. The number of nitrogens with zero attached hydrogens (tertiary/aromatic N) is 1. The summed E-state index contributed by atoms with van der Waals surface area (Å²) >= 11 is 0. The fourth-order valence-corrected chi connectivity index (χ4v) is 4.91. The van der Waals surface area contributed by atoms with Crippen molar-refractivity contribution in [1.82, 2.24) is 4.90 Å². The summed E-state index contributed by atoms with van der Waals surface area (Å²) in [5.41, 5.74) is 0.799. The molecule has 1 aliphatic rings. The average molecular weight is 458 g/mol. The van der Waals surface area contributed by atoms with E-state index in [1.54, 1.807) is 4.90 Å². The molecule has 3 aromatic rings. The van der Waals surface area contributed by atoms with Gasteiger partial charge in [-0.05, 0) is 12.5 Å². The Kier molecular flexibility index (Phi) is 6.50. The molecule has 6 heteroatoms. The van der Waals surface area contributed by atoms with Gasteiger partial charge >= 0.3 is 11.9 Å². The van der Waals surface area contributed by atoms with Crippen molar-refractivity contribution in [2.75, 3.05) is 7.11 Å². The third kappa shape index (κ3) is 3.85. The highest BCUT2D eigenvalue weighted by Crippen LogP contribution is 2.50. The first-order valence-corrected chi connectivity index (χ1v) is 11.2. The van der Waals surface area contributed by atoms with Crippen LogP contribution in [0.2, 0.25) is 0 Å². The zero-order valence-electron chi connectivity index (χ0n) is 19.4. The molecule has 34 heavy (non-hydrogen) atoms. The summed E-state index contributed by atoms with van der Waals surface area (Å²) in [6, 6.07) is 26.8. The van der Waals surface area contributed by atoms with E-state index >= 15 is 0 Å². The molecule has 6 nitrogen and oxygen atoms in total. The first kappa shape index (κ1) is 23.2. The van der Waals surface area contributed by atoms with Crippen LogP contribution in [0.4, 0.5) is 0 Å². The number of benzene rings is 3. The van der Waals surface area contributed by atoms with Crippen molar-refractivity contribution in [1.29, 1.82) is 0 Å². The molecule has 0 aromatic heterocycles. The second kappa shape index (κ2) is 9.51. The molecular formula is C28H27NO5. The molecule has 1 saturated heterocycles. The molecular weight excluding hydrogens is 430 g/mol. The van der Waals surface area contributed by atoms with Gasteiger partial charge in [-0.2, -0.15) is 0 Å². The van der Waals surface area contributed by atoms with Crippen LogP contribution in [0.15, 0.2) is 91.0 Å². The number of rotatable bonds is 7. The zero-order chi connectivity index (χ0) is 24.3. The molecule has 0 spiro atoms. The van der Waals surface area contributed by atoms with E-state index in [-0.39, 0.29) is 11.9 Å². The highest BCUT2D eigenvalue weighted by atomic mass is 16.6. The predicted molar refractivity (Wildman–Crippen MR) is 126 cm³/mol. The summed E-state index contributed by atoms with van der Waals surface area (Å²) in [6.45, 7) is 3.24. The first-order valence-electron chi connectivity index (χ1n) is 11.2. The zero-order valence-corrected chi connectivity index (χ0v) is 19.4. The summed E-state index contributed by atoms with van der Waals surface area (Å²) < 4.78 is 11.2. The molecule has 0 radical (unpaired) electrons. The van der Waals surface area contributed by atoms with E-state index in [2.05, 4.69) is 0 Å². The summed E-state index contributed by atoms with van der Waals surface area (Å²) in [4.78, 5) is 40.6. The third-order valence-corrected chi connectivity index (χ3v) is 6.42. The normalized spacial score (nSPS) is 18.6. The lowest BCUT2D eigenvalue weighted by molar-refractivity contribution is -0.200. The maximum absolute atomic E-state index is 13.5. The molecule has 0 bridgehead atoms. The number of methoxy groups -OCH3 is 1. The SMILES string of the molecule is COC(=O)[C@@H]1C(=O)N([C@@H](C)c2ccccc2)[C@H]1C(OC(C)=O)(c1ccccc1)c1ccccc1. The van der Waals surface area contributed by atoms with Gasteiger partial charge in [0, 0.05) is 18.1 Å². The number of hydrogen-bond donors (Lipinski definition) is 0. The van der Waals surface area contributed by atoms with Crippen LogP contribution in [0.25, 0.3) is 0 Å². The van der Waals surface area contributed by atoms with Crippen molar-refractivity contribution >= 4 is 17.8 Å². The molecule has 174 valence electrons. The van der Waals surface area contributed by atoms with Gasteiger partial charge in [0.2, 0.25) is 5.91 Å². The minimum absolute atomic E-state index is 0.364. The lowest BCUT2D eigenvalue weighted by Gasteiger charge is -2.56. The number of carbonyl (C=O) groups excluding carboxylic acids is 3. The lowest BCUT2D eigenvalue weighted by Crippen LogP contribution is -2.72. The highest BCUT2D eigenvalue weighted by Gasteiger charge is 2.65. The monoisotopic (exact) mass is 457 g/mol. The molecule has 1 amide bonds.